The molecule has 2 heterocycles. The van der Waals surface area contributed by atoms with E-state index >= 15 is 0 Å². The van der Waals surface area contributed by atoms with Gasteiger partial charge in [0.15, 0.2) is 5.76 Å². The highest BCUT2D eigenvalue weighted by Gasteiger charge is 2.26. The van der Waals surface area contributed by atoms with Gasteiger partial charge in [0.1, 0.15) is 5.76 Å². The van der Waals surface area contributed by atoms with E-state index in [1.807, 2.05) is 36.4 Å². The molecule has 2 aromatic carbocycles. The summed E-state index contributed by atoms with van der Waals surface area (Å²) in [6, 6.07) is 20.0. The van der Waals surface area contributed by atoms with E-state index in [-0.39, 0.29) is 17.9 Å². The molecule has 1 saturated heterocycles. The van der Waals surface area contributed by atoms with Gasteiger partial charge in [-0.3, -0.25) is 9.59 Å². The summed E-state index contributed by atoms with van der Waals surface area (Å²) in [6.07, 6.45) is 1.42. The zero-order valence-corrected chi connectivity index (χ0v) is 16.6. The monoisotopic (exact) mass is 408 g/mol. The molecule has 0 atom stereocenters. The molecule has 3 aromatic rings. The summed E-state index contributed by atoms with van der Waals surface area (Å²) >= 11 is 6.21. The van der Waals surface area contributed by atoms with Gasteiger partial charge in [-0.2, -0.15) is 0 Å². The summed E-state index contributed by atoms with van der Waals surface area (Å²) in [5, 5.41) is 3.63. The number of benzene rings is 2. The Morgan fingerprint density at radius 3 is 2.34 bits per heavy atom. The highest BCUT2D eigenvalue weighted by Crippen LogP contribution is 2.29. The normalized spacial score (nSPS) is 14.6. The number of furan rings is 1. The van der Waals surface area contributed by atoms with Gasteiger partial charge >= 0.3 is 0 Å². The molecule has 0 saturated carbocycles. The Morgan fingerprint density at radius 2 is 1.62 bits per heavy atom. The van der Waals surface area contributed by atoms with Gasteiger partial charge in [0.25, 0.3) is 11.8 Å². The van der Waals surface area contributed by atoms with Crippen LogP contribution in [0.2, 0.25) is 5.02 Å². The minimum Gasteiger partial charge on any atom is -0.451 e. The van der Waals surface area contributed by atoms with Gasteiger partial charge in [-0.05, 0) is 49.2 Å². The third-order valence-corrected chi connectivity index (χ3v) is 5.44. The van der Waals surface area contributed by atoms with Crippen LogP contribution in [0.4, 0.5) is 0 Å². The molecule has 0 spiro atoms. The maximum Gasteiger partial charge on any atom is 0.289 e. The van der Waals surface area contributed by atoms with E-state index in [0.717, 1.165) is 5.56 Å². The van der Waals surface area contributed by atoms with Crippen LogP contribution in [0, 0.1) is 0 Å². The first-order valence-corrected chi connectivity index (χ1v) is 9.99. The Labute approximate surface area is 174 Å². The van der Waals surface area contributed by atoms with E-state index in [9.17, 15) is 9.59 Å². The maximum atomic E-state index is 12.8. The van der Waals surface area contributed by atoms with Crippen molar-refractivity contribution in [3.63, 3.8) is 0 Å². The van der Waals surface area contributed by atoms with Crippen LogP contribution in [0.3, 0.4) is 0 Å². The molecule has 0 radical (unpaired) electrons. The third-order valence-electron chi connectivity index (χ3n) is 5.11. The number of piperidine rings is 1. The Kier molecular flexibility index (Phi) is 5.67. The standard InChI is InChI=1S/C23H21ClN2O3/c24-19-9-5-4-8-18(19)20-10-11-21(29-20)23(28)26-14-12-17(13-15-26)25-22(27)16-6-2-1-3-7-16/h1-11,17H,12-15H2,(H,25,27). The number of halogens is 1. The second-order valence-corrected chi connectivity index (χ2v) is 7.46. The summed E-state index contributed by atoms with van der Waals surface area (Å²) in [5.41, 5.74) is 1.41. The predicted octanol–water partition coefficient (Wildman–Crippen LogP) is 4.63. The average molecular weight is 409 g/mol. The molecule has 1 aliphatic heterocycles. The van der Waals surface area contributed by atoms with Crippen molar-refractivity contribution in [1.82, 2.24) is 10.2 Å². The van der Waals surface area contributed by atoms with E-state index in [4.69, 9.17) is 16.0 Å². The van der Waals surface area contributed by atoms with Crippen molar-refractivity contribution in [2.75, 3.05) is 13.1 Å². The highest BCUT2D eigenvalue weighted by atomic mass is 35.5. The Hall–Kier alpha value is -3.05. The topological polar surface area (TPSA) is 62.6 Å². The Bertz CT molecular complexity index is 1010. The second kappa shape index (κ2) is 8.53. The van der Waals surface area contributed by atoms with Crippen LogP contribution in [0.25, 0.3) is 11.3 Å². The molecule has 29 heavy (non-hydrogen) atoms. The lowest BCUT2D eigenvalue weighted by Gasteiger charge is -2.31. The van der Waals surface area contributed by atoms with Gasteiger partial charge in [-0.1, -0.05) is 41.9 Å². The quantitative estimate of drug-likeness (QED) is 0.684. The van der Waals surface area contributed by atoms with Crippen LogP contribution in [-0.2, 0) is 0 Å². The minimum absolute atomic E-state index is 0.0574. The number of carbonyl (C=O) groups is 2. The molecule has 5 nitrogen and oxygen atoms in total. The fraction of sp³-hybridized carbons (Fsp3) is 0.217. The zero-order valence-electron chi connectivity index (χ0n) is 15.8. The highest BCUT2D eigenvalue weighted by molar-refractivity contribution is 6.33. The molecular formula is C23H21ClN2O3. The van der Waals surface area contributed by atoms with Crippen molar-refractivity contribution < 1.29 is 14.0 Å². The number of likely N-dealkylation sites (tertiary alicyclic amines) is 1. The lowest BCUT2D eigenvalue weighted by atomic mass is 10.0. The molecule has 0 unspecified atom stereocenters. The van der Waals surface area contributed by atoms with E-state index in [0.29, 0.717) is 48.0 Å². The summed E-state index contributed by atoms with van der Waals surface area (Å²) in [7, 11) is 0. The van der Waals surface area contributed by atoms with Gasteiger partial charge in [-0.25, -0.2) is 0 Å². The van der Waals surface area contributed by atoms with E-state index in [2.05, 4.69) is 5.32 Å². The van der Waals surface area contributed by atoms with Crippen LogP contribution in [-0.4, -0.2) is 35.8 Å². The predicted molar refractivity (Wildman–Crippen MR) is 112 cm³/mol. The van der Waals surface area contributed by atoms with Crippen LogP contribution >= 0.6 is 11.6 Å². The van der Waals surface area contributed by atoms with Crippen molar-refractivity contribution in [2.45, 2.75) is 18.9 Å². The smallest absolute Gasteiger partial charge is 0.289 e. The largest absolute Gasteiger partial charge is 0.451 e. The van der Waals surface area contributed by atoms with Crippen molar-refractivity contribution in [3.8, 4) is 11.3 Å². The third kappa shape index (κ3) is 4.35. The van der Waals surface area contributed by atoms with Gasteiger partial charge in [0, 0.05) is 30.3 Å². The van der Waals surface area contributed by atoms with E-state index < -0.39 is 0 Å². The molecule has 1 N–H and O–H groups in total. The van der Waals surface area contributed by atoms with Crippen LogP contribution in [0.1, 0.15) is 33.8 Å². The van der Waals surface area contributed by atoms with Gasteiger partial charge in [0.2, 0.25) is 0 Å². The van der Waals surface area contributed by atoms with Crippen molar-refractivity contribution in [1.29, 1.82) is 0 Å². The second-order valence-electron chi connectivity index (χ2n) is 7.05. The van der Waals surface area contributed by atoms with Crippen molar-refractivity contribution in [3.05, 3.63) is 83.1 Å². The molecule has 6 heteroatoms. The lowest BCUT2D eigenvalue weighted by molar-refractivity contribution is 0.0668. The molecule has 4 rings (SSSR count). The van der Waals surface area contributed by atoms with Crippen molar-refractivity contribution >= 4 is 23.4 Å². The van der Waals surface area contributed by atoms with E-state index in [1.165, 1.54) is 0 Å². The lowest BCUT2D eigenvalue weighted by Crippen LogP contribution is -2.46. The van der Waals surface area contributed by atoms with Crippen LogP contribution in [0.15, 0.2) is 71.1 Å². The summed E-state index contributed by atoms with van der Waals surface area (Å²) in [6.45, 7) is 1.14. The van der Waals surface area contributed by atoms with E-state index in [1.54, 1.807) is 35.2 Å². The first kappa shape index (κ1) is 19.3. The number of amides is 2. The molecule has 2 amide bonds. The summed E-state index contributed by atoms with van der Waals surface area (Å²) in [4.78, 5) is 26.9. The average Bonchev–Trinajstić information content (AvgIpc) is 3.25. The molecule has 1 fully saturated rings. The number of carbonyl (C=O) groups excluding carboxylic acids is 2. The molecule has 1 aromatic heterocycles. The Morgan fingerprint density at radius 1 is 0.931 bits per heavy atom. The molecule has 148 valence electrons. The minimum atomic E-state index is -0.142. The number of rotatable bonds is 4. The summed E-state index contributed by atoms with van der Waals surface area (Å²) < 4.78 is 5.77. The molecule has 0 bridgehead atoms. The first-order chi connectivity index (χ1) is 14.1. The maximum absolute atomic E-state index is 12.8. The van der Waals surface area contributed by atoms with Gasteiger partial charge in [0.05, 0.1) is 5.02 Å². The first-order valence-electron chi connectivity index (χ1n) is 9.62. The SMILES string of the molecule is O=C(NC1CCN(C(=O)c2ccc(-c3ccccc3Cl)o2)CC1)c1ccccc1. The van der Waals surface area contributed by atoms with Crippen LogP contribution < -0.4 is 5.32 Å². The Balaban J connectivity index is 1.35. The number of nitrogens with one attached hydrogen (secondary N) is 1. The number of hydrogen-bond donors (Lipinski definition) is 1. The zero-order chi connectivity index (χ0) is 20.2. The van der Waals surface area contributed by atoms with Crippen molar-refractivity contribution in [2.24, 2.45) is 0 Å². The molecule has 1 aliphatic rings. The van der Waals surface area contributed by atoms with Gasteiger partial charge < -0.3 is 14.6 Å². The van der Waals surface area contributed by atoms with Gasteiger partial charge in [-0.15, -0.1) is 0 Å². The molecule has 0 aliphatic carbocycles. The fourth-order valence-electron chi connectivity index (χ4n) is 3.50. The number of hydrogen-bond acceptors (Lipinski definition) is 3. The van der Waals surface area contributed by atoms with Crippen LogP contribution in [0.5, 0.6) is 0 Å². The fourth-order valence-corrected chi connectivity index (χ4v) is 3.73. The number of nitrogens with zero attached hydrogens (tertiary/aromatic N) is 1. The summed E-state index contributed by atoms with van der Waals surface area (Å²) in [5.74, 6) is 0.651. The molecular weight excluding hydrogens is 388 g/mol.